The van der Waals surface area contributed by atoms with Crippen LogP contribution in [0.25, 0.3) is 0 Å². The van der Waals surface area contributed by atoms with Gasteiger partial charge >= 0.3 is 0 Å². The van der Waals surface area contributed by atoms with Crippen LogP contribution in [0, 0.1) is 5.82 Å². The molecule has 1 aromatic carbocycles. The number of aliphatic hydroxyl groups excluding tert-OH is 1. The van der Waals surface area contributed by atoms with Gasteiger partial charge in [-0.3, -0.25) is 0 Å². The molecule has 0 aliphatic rings. The summed E-state index contributed by atoms with van der Waals surface area (Å²) in [6, 6.07) is 3.94. The van der Waals surface area contributed by atoms with Crippen LogP contribution in [0.4, 0.5) is 4.39 Å². The Labute approximate surface area is 101 Å². The Morgan fingerprint density at radius 1 is 1.41 bits per heavy atom. The van der Waals surface area contributed by atoms with Gasteiger partial charge in [-0.05, 0) is 38.0 Å². The highest BCUT2D eigenvalue weighted by Gasteiger charge is 2.15. The number of benzene rings is 1. The van der Waals surface area contributed by atoms with Crippen molar-refractivity contribution in [2.75, 3.05) is 6.61 Å². The summed E-state index contributed by atoms with van der Waals surface area (Å²) in [5.41, 5.74) is 0.543. The third-order valence-electron chi connectivity index (χ3n) is 2.91. The number of hydrogen-bond acceptors (Lipinski definition) is 3. The molecule has 0 aliphatic heterocycles. The topological polar surface area (TPSA) is 52.5 Å². The molecule has 0 bridgehead atoms. The molecule has 2 unspecified atom stereocenters. The van der Waals surface area contributed by atoms with E-state index < -0.39 is 0 Å². The summed E-state index contributed by atoms with van der Waals surface area (Å²) in [4.78, 5) is 0. The normalized spacial score (nSPS) is 14.6. The number of phenols is 1. The van der Waals surface area contributed by atoms with Gasteiger partial charge in [0.25, 0.3) is 0 Å². The second-order valence-corrected chi connectivity index (χ2v) is 4.21. The Hall–Kier alpha value is -1.13. The molecular weight excluding hydrogens is 221 g/mol. The maximum atomic E-state index is 13.1. The van der Waals surface area contributed by atoms with Gasteiger partial charge in [0.05, 0.1) is 0 Å². The van der Waals surface area contributed by atoms with Gasteiger partial charge < -0.3 is 15.5 Å². The summed E-state index contributed by atoms with van der Waals surface area (Å²) in [5, 5.41) is 21.8. The number of halogens is 1. The van der Waals surface area contributed by atoms with Crippen molar-refractivity contribution in [2.24, 2.45) is 0 Å². The van der Waals surface area contributed by atoms with Crippen molar-refractivity contribution < 1.29 is 14.6 Å². The molecule has 3 N–H and O–H groups in total. The SMILES string of the molecule is CCC(CCO)NC(C)c1cc(F)ccc1O. The van der Waals surface area contributed by atoms with Gasteiger partial charge in [-0.15, -0.1) is 0 Å². The van der Waals surface area contributed by atoms with Crippen LogP contribution < -0.4 is 5.32 Å². The molecule has 0 aromatic heterocycles. The maximum Gasteiger partial charge on any atom is 0.123 e. The highest BCUT2D eigenvalue weighted by Crippen LogP contribution is 2.25. The van der Waals surface area contributed by atoms with Gasteiger partial charge in [-0.1, -0.05) is 6.92 Å². The number of hydrogen-bond donors (Lipinski definition) is 3. The van der Waals surface area contributed by atoms with Crippen LogP contribution in [-0.4, -0.2) is 22.9 Å². The number of phenolic OH excluding ortho intramolecular Hbond substituents is 1. The molecule has 0 aliphatic carbocycles. The molecule has 4 heteroatoms. The predicted octanol–water partition coefficient (Wildman–Crippen LogP) is 2.34. The van der Waals surface area contributed by atoms with Crippen molar-refractivity contribution >= 4 is 0 Å². The number of rotatable bonds is 6. The first-order valence-electron chi connectivity index (χ1n) is 5.93. The van der Waals surface area contributed by atoms with Crippen LogP contribution in [0.1, 0.15) is 38.3 Å². The molecule has 0 spiro atoms. The molecule has 2 atom stereocenters. The molecule has 17 heavy (non-hydrogen) atoms. The average Bonchev–Trinajstić information content (AvgIpc) is 2.31. The van der Waals surface area contributed by atoms with Crippen molar-refractivity contribution in [1.82, 2.24) is 5.32 Å². The van der Waals surface area contributed by atoms with Crippen LogP contribution in [-0.2, 0) is 0 Å². The lowest BCUT2D eigenvalue weighted by molar-refractivity contribution is 0.256. The van der Waals surface area contributed by atoms with Crippen LogP contribution in [0.3, 0.4) is 0 Å². The van der Waals surface area contributed by atoms with Crippen molar-refractivity contribution in [2.45, 2.75) is 38.8 Å². The largest absolute Gasteiger partial charge is 0.508 e. The number of nitrogens with one attached hydrogen (secondary N) is 1. The van der Waals surface area contributed by atoms with Crippen LogP contribution >= 0.6 is 0 Å². The molecule has 96 valence electrons. The van der Waals surface area contributed by atoms with E-state index in [2.05, 4.69) is 5.32 Å². The molecule has 0 radical (unpaired) electrons. The summed E-state index contributed by atoms with van der Waals surface area (Å²) >= 11 is 0. The minimum absolute atomic E-state index is 0.0882. The molecule has 0 amide bonds. The quantitative estimate of drug-likeness (QED) is 0.716. The summed E-state index contributed by atoms with van der Waals surface area (Å²) in [5.74, 6) is -0.271. The third-order valence-corrected chi connectivity index (χ3v) is 2.91. The maximum absolute atomic E-state index is 13.1. The lowest BCUT2D eigenvalue weighted by Crippen LogP contribution is -2.31. The molecule has 0 saturated carbocycles. The Bertz CT molecular complexity index is 357. The fourth-order valence-electron chi connectivity index (χ4n) is 1.88. The Morgan fingerprint density at radius 2 is 2.12 bits per heavy atom. The molecular formula is C13H20FNO2. The molecule has 0 fully saturated rings. The van der Waals surface area contributed by atoms with E-state index in [1.54, 1.807) is 0 Å². The summed E-state index contributed by atoms with van der Waals surface area (Å²) < 4.78 is 13.1. The molecule has 1 aromatic rings. The predicted molar refractivity (Wildman–Crippen MR) is 65.4 cm³/mol. The minimum Gasteiger partial charge on any atom is -0.508 e. The first-order chi connectivity index (χ1) is 8.08. The van der Waals surface area contributed by atoms with E-state index in [1.807, 2.05) is 13.8 Å². The van der Waals surface area contributed by atoms with E-state index in [9.17, 15) is 9.50 Å². The van der Waals surface area contributed by atoms with Crippen LogP contribution in [0.2, 0.25) is 0 Å². The van der Waals surface area contributed by atoms with E-state index in [1.165, 1.54) is 18.2 Å². The zero-order valence-electron chi connectivity index (χ0n) is 10.3. The van der Waals surface area contributed by atoms with Gasteiger partial charge in [0, 0.05) is 24.3 Å². The zero-order chi connectivity index (χ0) is 12.8. The summed E-state index contributed by atoms with van der Waals surface area (Å²) in [7, 11) is 0. The van der Waals surface area contributed by atoms with E-state index in [0.717, 1.165) is 6.42 Å². The van der Waals surface area contributed by atoms with Gasteiger partial charge in [-0.2, -0.15) is 0 Å². The monoisotopic (exact) mass is 241 g/mol. The van der Waals surface area contributed by atoms with E-state index >= 15 is 0 Å². The molecule has 0 heterocycles. The van der Waals surface area contributed by atoms with Crippen LogP contribution in [0.5, 0.6) is 5.75 Å². The summed E-state index contributed by atoms with van der Waals surface area (Å²) in [6.07, 6.45) is 1.53. The lowest BCUT2D eigenvalue weighted by Gasteiger charge is -2.22. The van der Waals surface area contributed by atoms with Crippen LogP contribution in [0.15, 0.2) is 18.2 Å². The Kier molecular flexibility index (Phi) is 5.38. The van der Waals surface area contributed by atoms with Gasteiger partial charge in [0.2, 0.25) is 0 Å². The fourth-order valence-corrected chi connectivity index (χ4v) is 1.88. The van der Waals surface area contributed by atoms with E-state index in [-0.39, 0.29) is 30.3 Å². The van der Waals surface area contributed by atoms with Gasteiger partial charge in [0.15, 0.2) is 0 Å². The van der Waals surface area contributed by atoms with Gasteiger partial charge in [0.1, 0.15) is 11.6 Å². The van der Waals surface area contributed by atoms with Crippen molar-refractivity contribution in [3.63, 3.8) is 0 Å². The van der Waals surface area contributed by atoms with Crippen molar-refractivity contribution in [1.29, 1.82) is 0 Å². The smallest absolute Gasteiger partial charge is 0.123 e. The third kappa shape index (κ3) is 3.98. The Morgan fingerprint density at radius 3 is 2.71 bits per heavy atom. The van der Waals surface area contributed by atoms with Crippen molar-refractivity contribution in [3.8, 4) is 5.75 Å². The second-order valence-electron chi connectivity index (χ2n) is 4.21. The molecule has 0 saturated heterocycles. The molecule has 1 rings (SSSR count). The van der Waals surface area contributed by atoms with Gasteiger partial charge in [-0.25, -0.2) is 4.39 Å². The highest BCUT2D eigenvalue weighted by atomic mass is 19.1. The van der Waals surface area contributed by atoms with E-state index in [0.29, 0.717) is 12.0 Å². The lowest BCUT2D eigenvalue weighted by atomic mass is 10.0. The fraction of sp³-hybridized carbons (Fsp3) is 0.538. The zero-order valence-corrected chi connectivity index (χ0v) is 10.3. The Balaban J connectivity index is 2.74. The summed E-state index contributed by atoms with van der Waals surface area (Å²) in [6.45, 7) is 4.01. The standard InChI is InChI=1S/C13H20FNO2/c1-3-11(6-7-16)15-9(2)12-8-10(14)4-5-13(12)17/h4-5,8-9,11,15-17H,3,6-7H2,1-2H3. The van der Waals surface area contributed by atoms with E-state index in [4.69, 9.17) is 5.11 Å². The second kappa shape index (κ2) is 6.57. The highest BCUT2D eigenvalue weighted by molar-refractivity contribution is 5.34. The number of aromatic hydroxyl groups is 1. The molecule has 3 nitrogen and oxygen atoms in total. The van der Waals surface area contributed by atoms with Crippen molar-refractivity contribution in [3.05, 3.63) is 29.6 Å². The average molecular weight is 241 g/mol. The first kappa shape index (κ1) is 13.9. The number of aliphatic hydroxyl groups is 1. The first-order valence-corrected chi connectivity index (χ1v) is 5.93. The minimum atomic E-state index is -0.360.